The molecule has 31 heavy (non-hydrogen) atoms. The fraction of sp³-hybridized carbons (Fsp3) is 0.0455. The molecule has 2 aromatic heterocycles. The maximum atomic E-state index is 12.3. The molecule has 7 nitrogen and oxygen atoms in total. The molecule has 4 rings (SSSR count). The summed E-state index contributed by atoms with van der Waals surface area (Å²) >= 11 is 6.81. The van der Waals surface area contributed by atoms with Gasteiger partial charge < -0.3 is 13.6 Å². The monoisotopic (exact) mass is 544 g/mol. The van der Waals surface area contributed by atoms with E-state index in [0.29, 0.717) is 22.7 Å². The summed E-state index contributed by atoms with van der Waals surface area (Å²) < 4.78 is 17.6. The minimum absolute atomic E-state index is 0.136. The number of carbonyl (C=O) groups is 2. The van der Waals surface area contributed by atoms with Crippen LogP contribution in [0.15, 0.2) is 77.5 Å². The molecule has 0 atom stereocenters. The van der Waals surface area contributed by atoms with Gasteiger partial charge in [-0.1, -0.05) is 28.1 Å². The first-order chi connectivity index (χ1) is 14.9. The zero-order chi connectivity index (χ0) is 22.0. The average Bonchev–Trinajstić information content (AvgIpc) is 3.41. The van der Waals surface area contributed by atoms with Gasteiger partial charge in [-0.15, -0.1) is 0 Å². The molecule has 4 aromatic rings. The molecular formula is C22H14Br2N2O5. The van der Waals surface area contributed by atoms with Crippen LogP contribution in [0, 0.1) is 0 Å². The van der Waals surface area contributed by atoms with E-state index in [1.165, 1.54) is 13.3 Å². The van der Waals surface area contributed by atoms with Crippen LogP contribution in [0.5, 0.6) is 0 Å². The van der Waals surface area contributed by atoms with Crippen molar-refractivity contribution in [1.29, 1.82) is 0 Å². The normalized spacial score (nSPS) is 11.2. The SMILES string of the molecule is COC(=O)c1ccc(-c2ccc(/C=N\NC(=O)c3cc4cc(Br)cc(Br)c4o3)o2)cc1. The Kier molecular flexibility index (Phi) is 6.06. The molecule has 2 aromatic carbocycles. The number of hydrazone groups is 1. The molecule has 0 fully saturated rings. The zero-order valence-electron chi connectivity index (χ0n) is 16.0. The van der Waals surface area contributed by atoms with Gasteiger partial charge in [0.25, 0.3) is 0 Å². The molecule has 1 N–H and O–H groups in total. The predicted octanol–water partition coefficient (Wildman–Crippen LogP) is 5.77. The van der Waals surface area contributed by atoms with E-state index in [-0.39, 0.29) is 5.76 Å². The second kappa shape index (κ2) is 8.91. The minimum Gasteiger partial charge on any atom is -0.465 e. The van der Waals surface area contributed by atoms with Crippen LogP contribution in [-0.4, -0.2) is 25.2 Å². The van der Waals surface area contributed by atoms with E-state index >= 15 is 0 Å². The summed E-state index contributed by atoms with van der Waals surface area (Å²) in [6, 6.07) is 15.6. The number of esters is 1. The third-order valence-electron chi connectivity index (χ3n) is 4.33. The van der Waals surface area contributed by atoms with Crippen molar-refractivity contribution in [2.45, 2.75) is 0 Å². The number of halogens is 2. The number of ether oxygens (including phenoxy) is 1. The molecule has 0 bridgehead atoms. The number of hydrogen-bond donors (Lipinski definition) is 1. The van der Waals surface area contributed by atoms with Crippen LogP contribution in [0.2, 0.25) is 0 Å². The van der Waals surface area contributed by atoms with E-state index in [2.05, 4.69) is 47.1 Å². The van der Waals surface area contributed by atoms with Crippen LogP contribution >= 0.6 is 31.9 Å². The highest BCUT2D eigenvalue weighted by Gasteiger charge is 2.14. The minimum atomic E-state index is -0.486. The first-order valence-electron chi connectivity index (χ1n) is 8.95. The van der Waals surface area contributed by atoms with Gasteiger partial charge >= 0.3 is 11.9 Å². The fourth-order valence-electron chi connectivity index (χ4n) is 2.86. The Labute approximate surface area is 193 Å². The van der Waals surface area contributed by atoms with Crippen molar-refractivity contribution in [3.05, 3.63) is 80.6 Å². The highest BCUT2D eigenvalue weighted by molar-refractivity contribution is 9.11. The van der Waals surface area contributed by atoms with Gasteiger partial charge in [0.2, 0.25) is 0 Å². The number of amides is 1. The second-order valence-corrected chi connectivity index (χ2v) is 8.16. The summed E-state index contributed by atoms with van der Waals surface area (Å²) in [7, 11) is 1.33. The second-order valence-electron chi connectivity index (χ2n) is 6.39. The first kappa shape index (κ1) is 21.1. The number of nitrogens with one attached hydrogen (secondary N) is 1. The zero-order valence-corrected chi connectivity index (χ0v) is 19.2. The molecule has 0 aliphatic carbocycles. The van der Waals surface area contributed by atoms with E-state index in [0.717, 1.165) is 19.9 Å². The lowest BCUT2D eigenvalue weighted by molar-refractivity contribution is 0.0600. The van der Waals surface area contributed by atoms with Crippen LogP contribution in [0.3, 0.4) is 0 Å². The molecule has 0 radical (unpaired) electrons. The molecule has 9 heteroatoms. The van der Waals surface area contributed by atoms with Crippen LogP contribution in [0.25, 0.3) is 22.3 Å². The Balaban J connectivity index is 1.43. The molecule has 0 aliphatic rings. The lowest BCUT2D eigenvalue weighted by Crippen LogP contribution is -2.16. The summed E-state index contributed by atoms with van der Waals surface area (Å²) in [5.74, 6) is 0.289. The number of fused-ring (bicyclic) bond motifs is 1. The van der Waals surface area contributed by atoms with Gasteiger partial charge in [-0.25, -0.2) is 10.2 Å². The van der Waals surface area contributed by atoms with Gasteiger partial charge in [0.05, 0.1) is 23.4 Å². The highest BCUT2D eigenvalue weighted by atomic mass is 79.9. The van der Waals surface area contributed by atoms with Crippen molar-refractivity contribution in [3.63, 3.8) is 0 Å². The molecule has 1 amide bonds. The molecule has 0 saturated heterocycles. The summed E-state index contributed by atoms with van der Waals surface area (Å²) in [6.45, 7) is 0. The molecule has 0 unspecified atom stereocenters. The Morgan fingerprint density at radius 3 is 2.55 bits per heavy atom. The summed E-state index contributed by atoms with van der Waals surface area (Å²) in [6.07, 6.45) is 1.39. The Bertz CT molecular complexity index is 1310. The van der Waals surface area contributed by atoms with Crippen molar-refractivity contribution in [3.8, 4) is 11.3 Å². The van der Waals surface area contributed by atoms with Crippen LogP contribution < -0.4 is 5.43 Å². The molecule has 2 heterocycles. The number of nitrogens with zero attached hydrogens (tertiary/aromatic N) is 1. The summed E-state index contributed by atoms with van der Waals surface area (Å²) in [4.78, 5) is 23.8. The van der Waals surface area contributed by atoms with E-state index in [9.17, 15) is 9.59 Å². The largest absolute Gasteiger partial charge is 0.465 e. The third kappa shape index (κ3) is 4.62. The van der Waals surface area contributed by atoms with Crippen molar-refractivity contribution < 1.29 is 23.2 Å². The van der Waals surface area contributed by atoms with Gasteiger partial charge in [-0.05, 0) is 58.4 Å². The van der Waals surface area contributed by atoms with Gasteiger partial charge in [0, 0.05) is 15.4 Å². The quantitative estimate of drug-likeness (QED) is 0.195. The Morgan fingerprint density at radius 2 is 1.81 bits per heavy atom. The topological polar surface area (TPSA) is 94.0 Å². The van der Waals surface area contributed by atoms with Crippen LogP contribution in [-0.2, 0) is 4.74 Å². The molecule has 0 spiro atoms. The Hall–Kier alpha value is -3.17. The standard InChI is InChI=1S/C22H14Br2N2O5/c1-29-22(28)13-4-2-12(3-5-13)18-7-6-16(30-18)11-25-26-21(27)19-9-14-8-15(23)10-17(24)20(14)31-19/h2-11H,1H3,(H,26,27)/b25-11-. The molecule has 156 valence electrons. The van der Waals surface area contributed by atoms with Gasteiger partial charge in [0.1, 0.15) is 17.1 Å². The molecule has 0 saturated carbocycles. The Morgan fingerprint density at radius 1 is 1.03 bits per heavy atom. The first-order valence-corrected chi connectivity index (χ1v) is 10.5. The van der Waals surface area contributed by atoms with Gasteiger partial charge in [0.15, 0.2) is 5.76 Å². The van der Waals surface area contributed by atoms with E-state index < -0.39 is 11.9 Å². The van der Waals surface area contributed by atoms with Crippen molar-refractivity contribution in [2.75, 3.05) is 7.11 Å². The van der Waals surface area contributed by atoms with Crippen LogP contribution in [0.1, 0.15) is 26.7 Å². The summed E-state index contributed by atoms with van der Waals surface area (Å²) in [5, 5.41) is 4.70. The van der Waals surface area contributed by atoms with Crippen molar-refractivity contribution in [2.24, 2.45) is 5.10 Å². The number of carbonyl (C=O) groups excluding carboxylic acids is 2. The number of rotatable bonds is 5. The number of methoxy groups -OCH3 is 1. The molecule has 0 aliphatic heterocycles. The van der Waals surface area contributed by atoms with Gasteiger partial charge in [-0.2, -0.15) is 5.10 Å². The fourth-order valence-corrected chi connectivity index (χ4v) is 4.20. The van der Waals surface area contributed by atoms with Crippen LogP contribution in [0.4, 0.5) is 0 Å². The van der Waals surface area contributed by atoms with Crippen molar-refractivity contribution in [1.82, 2.24) is 5.43 Å². The maximum Gasteiger partial charge on any atom is 0.337 e. The molecular weight excluding hydrogens is 532 g/mol. The maximum absolute atomic E-state index is 12.3. The highest BCUT2D eigenvalue weighted by Crippen LogP contribution is 2.31. The average molecular weight is 546 g/mol. The van der Waals surface area contributed by atoms with E-state index in [4.69, 9.17) is 8.83 Å². The third-order valence-corrected chi connectivity index (χ3v) is 5.38. The lowest BCUT2D eigenvalue weighted by Gasteiger charge is -2.00. The number of hydrogen-bond acceptors (Lipinski definition) is 6. The summed E-state index contributed by atoms with van der Waals surface area (Å²) in [5.41, 5.74) is 4.23. The van der Waals surface area contributed by atoms with E-state index in [1.54, 1.807) is 42.5 Å². The predicted molar refractivity (Wildman–Crippen MR) is 122 cm³/mol. The smallest absolute Gasteiger partial charge is 0.337 e. The number of furan rings is 2. The number of benzene rings is 2. The lowest BCUT2D eigenvalue weighted by atomic mass is 10.1. The van der Waals surface area contributed by atoms with Gasteiger partial charge in [-0.3, -0.25) is 4.79 Å². The van der Waals surface area contributed by atoms with E-state index in [1.807, 2.05) is 12.1 Å². The van der Waals surface area contributed by atoms with Crippen molar-refractivity contribution >= 4 is 60.9 Å².